The summed E-state index contributed by atoms with van der Waals surface area (Å²) in [5.41, 5.74) is 1.27. The maximum Gasteiger partial charge on any atom is 0.137 e. The Kier molecular flexibility index (Phi) is 4.79. The van der Waals surface area contributed by atoms with Crippen molar-refractivity contribution >= 4 is 15.9 Å². The fraction of sp³-hybridized carbons (Fsp3) is 0.600. The van der Waals surface area contributed by atoms with Crippen LogP contribution >= 0.6 is 15.9 Å². The van der Waals surface area contributed by atoms with Gasteiger partial charge in [0.25, 0.3) is 0 Å². The Morgan fingerprint density at radius 2 is 2.22 bits per heavy atom. The number of nitrogens with one attached hydrogen (secondary N) is 1. The molecule has 0 saturated carbocycles. The molecule has 0 aromatic heterocycles. The second kappa shape index (κ2) is 6.16. The summed E-state index contributed by atoms with van der Waals surface area (Å²) in [7, 11) is 0. The average Bonchev–Trinajstić information content (AvgIpc) is 2.33. The zero-order valence-electron chi connectivity index (χ0n) is 11.0. The van der Waals surface area contributed by atoms with Crippen LogP contribution in [-0.4, -0.2) is 13.1 Å². The van der Waals surface area contributed by atoms with E-state index in [1.54, 1.807) is 6.07 Å². The van der Waals surface area contributed by atoms with Crippen LogP contribution in [0.15, 0.2) is 22.7 Å². The normalized spacial score (nSPS) is 24.5. The van der Waals surface area contributed by atoms with Gasteiger partial charge < -0.3 is 5.32 Å². The molecular formula is C15H21BrFN. The molecule has 0 aliphatic carbocycles. The fourth-order valence-corrected chi connectivity index (χ4v) is 3.35. The van der Waals surface area contributed by atoms with Gasteiger partial charge in [0.05, 0.1) is 4.47 Å². The minimum absolute atomic E-state index is 0.173. The molecule has 100 valence electrons. The zero-order chi connectivity index (χ0) is 13.1. The molecule has 0 radical (unpaired) electrons. The maximum atomic E-state index is 13.3. The van der Waals surface area contributed by atoms with E-state index in [0.717, 1.165) is 19.5 Å². The van der Waals surface area contributed by atoms with Crippen molar-refractivity contribution in [2.75, 3.05) is 13.1 Å². The highest BCUT2D eigenvalue weighted by molar-refractivity contribution is 9.10. The van der Waals surface area contributed by atoms with Crippen molar-refractivity contribution in [1.29, 1.82) is 0 Å². The van der Waals surface area contributed by atoms with Crippen LogP contribution in [0.25, 0.3) is 0 Å². The van der Waals surface area contributed by atoms with Crippen LogP contribution in [0.4, 0.5) is 4.39 Å². The van der Waals surface area contributed by atoms with E-state index >= 15 is 0 Å². The molecule has 1 aliphatic rings. The van der Waals surface area contributed by atoms with Crippen molar-refractivity contribution in [1.82, 2.24) is 5.32 Å². The smallest absolute Gasteiger partial charge is 0.137 e. The molecule has 2 atom stereocenters. The molecule has 1 nitrogen and oxygen atoms in total. The van der Waals surface area contributed by atoms with E-state index in [9.17, 15) is 4.39 Å². The summed E-state index contributed by atoms with van der Waals surface area (Å²) in [6, 6.07) is 5.48. The van der Waals surface area contributed by atoms with E-state index in [0.29, 0.717) is 22.2 Å². The van der Waals surface area contributed by atoms with Crippen molar-refractivity contribution in [2.24, 2.45) is 11.8 Å². The molecule has 1 saturated heterocycles. The van der Waals surface area contributed by atoms with Gasteiger partial charge in [0.2, 0.25) is 0 Å². The van der Waals surface area contributed by atoms with E-state index in [-0.39, 0.29) is 5.82 Å². The minimum Gasteiger partial charge on any atom is -0.316 e. The molecule has 1 aliphatic heterocycles. The lowest BCUT2D eigenvalue weighted by Crippen LogP contribution is -2.36. The van der Waals surface area contributed by atoms with Gasteiger partial charge in [-0.3, -0.25) is 0 Å². The number of halogens is 2. The largest absolute Gasteiger partial charge is 0.316 e. The van der Waals surface area contributed by atoms with E-state index in [2.05, 4.69) is 35.1 Å². The van der Waals surface area contributed by atoms with Gasteiger partial charge in [-0.25, -0.2) is 4.39 Å². The highest BCUT2D eigenvalue weighted by Crippen LogP contribution is 2.35. The first kappa shape index (κ1) is 14.0. The van der Waals surface area contributed by atoms with Gasteiger partial charge in [-0.2, -0.15) is 0 Å². The highest BCUT2D eigenvalue weighted by atomic mass is 79.9. The molecule has 3 heteroatoms. The van der Waals surface area contributed by atoms with E-state index in [4.69, 9.17) is 0 Å². The first-order chi connectivity index (χ1) is 8.58. The standard InChI is InChI=1S/C15H21BrFN/c1-10(2)7-12-9-18-6-5-13(12)11-3-4-15(17)14(16)8-11/h3-4,8,10,12-13,18H,5-7,9H2,1-2H3. The second-order valence-corrected chi connectivity index (χ2v) is 6.52. The van der Waals surface area contributed by atoms with Gasteiger partial charge in [-0.15, -0.1) is 0 Å². The van der Waals surface area contributed by atoms with Gasteiger partial charge in [0.15, 0.2) is 0 Å². The summed E-state index contributed by atoms with van der Waals surface area (Å²) in [5, 5.41) is 3.48. The Morgan fingerprint density at radius 1 is 1.44 bits per heavy atom. The van der Waals surface area contributed by atoms with Crippen LogP contribution in [0.5, 0.6) is 0 Å². The molecular weight excluding hydrogens is 293 g/mol. The van der Waals surface area contributed by atoms with Crippen molar-refractivity contribution < 1.29 is 4.39 Å². The summed E-state index contributed by atoms with van der Waals surface area (Å²) in [6.45, 7) is 6.69. The predicted octanol–water partition coefficient (Wildman–Crippen LogP) is 4.33. The number of rotatable bonds is 3. The minimum atomic E-state index is -0.173. The van der Waals surface area contributed by atoms with Gasteiger partial charge in [0.1, 0.15) is 5.82 Å². The lowest BCUT2D eigenvalue weighted by molar-refractivity contribution is 0.280. The SMILES string of the molecule is CC(C)CC1CNCCC1c1ccc(F)c(Br)c1. The van der Waals surface area contributed by atoms with Crippen LogP contribution in [-0.2, 0) is 0 Å². The Labute approximate surface area is 117 Å². The summed E-state index contributed by atoms with van der Waals surface area (Å²) in [5.74, 6) is 1.76. The summed E-state index contributed by atoms with van der Waals surface area (Å²) in [4.78, 5) is 0. The van der Waals surface area contributed by atoms with Crippen LogP contribution in [0.3, 0.4) is 0 Å². The molecule has 1 aromatic rings. The van der Waals surface area contributed by atoms with Crippen LogP contribution < -0.4 is 5.32 Å². The third-order valence-electron chi connectivity index (χ3n) is 3.75. The lowest BCUT2D eigenvalue weighted by Gasteiger charge is -2.33. The molecule has 1 heterocycles. The highest BCUT2D eigenvalue weighted by Gasteiger charge is 2.27. The van der Waals surface area contributed by atoms with Crippen LogP contribution in [0.2, 0.25) is 0 Å². The number of benzene rings is 1. The van der Waals surface area contributed by atoms with E-state index in [1.165, 1.54) is 12.0 Å². The lowest BCUT2D eigenvalue weighted by atomic mass is 9.77. The molecule has 0 bridgehead atoms. The van der Waals surface area contributed by atoms with Crippen molar-refractivity contribution in [3.63, 3.8) is 0 Å². The number of hydrogen-bond donors (Lipinski definition) is 1. The molecule has 0 amide bonds. The van der Waals surface area contributed by atoms with Gasteiger partial charge in [-0.05, 0) is 77.3 Å². The summed E-state index contributed by atoms with van der Waals surface area (Å²) >= 11 is 3.29. The number of piperidine rings is 1. The van der Waals surface area contributed by atoms with Gasteiger partial charge in [0, 0.05) is 0 Å². The topological polar surface area (TPSA) is 12.0 Å². The first-order valence-electron chi connectivity index (χ1n) is 6.73. The predicted molar refractivity (Wildman–Crippen MR) is 77.3 cm³/mol. The summed E-state index contributed by atoms with van der Waals surface area (Å²) < 4.78 is 13.9. The zero-order valence-corrected chi connectivity index (χ0v) is 12.6. The Bertz CT molecular complexity index is 405. The van der Waals surface area contributed by atoms with E-state index in [1.807, 2.05) is 12.1 Å². The Balaban J connectivity index is 2.19. The van der Waals surface area contributed by atoms with Crippen molar-refractivity contribution in [3.8, 4) is 0 Å². The van der Waals surface area contributed by atoms with Gasteiger partial charge in [-0.1, -0.05) is 19.9 Å². The quantitative estimate of drug-likeness (QED) is 0.876. The molecule has 18 heavy (non-hydrogen) atoms. The molecule has 2 unspecified atom stereocenters. The molecule has 1 N–H and O–H groups in total. The average molecular weight is 314 g/mol. The fourth-order valence-electron chi connectivity index (χ4n) is 2.96. The Hall–Kier alpha value is -0.410. The monoisotopic (exact) mass is 313 g/mol. The van der Waals surface area contributed by atoms with Crippen LogP contribution in [0.1, 0.15) is 38.2 Å². The van der Waals surface area contributed by atoms with Crippen molar-refractivity contribution in [2.45, 2.75) is 32.6 Å². The second-order valence-electron chi connectivity index (χ2n) is 5.66. The third kappa shape index (κ3) is 3.33. The number of hydrogen-bond acceptors (Lipinski definition) is 1. The van der Waals surface area contributed by atoms with Gasteiger partial charge >= 0.3 is 0 Å². The van der Waals surface area contributed by atoms with Crippen LogP contribution in [0, 0.1) is 17.7 Å². The molecule has 2 rings (SSSR count). The maximum absolute atomic E-state index is 13.3. The third-order valence-corrected chi connectivity index (χ3v) is 4.36. The molecule has 0 spiro atoms. The van der Waals surface area contributed by atoms with E-state index < -0.39 is 0 Å². The molecule has 1 aromatic carbocycles. The molecule has 1 fully saturated rings. The first-order valence-corrected chi connectivity index (χ1v) is 7.53. The summed E-state index contributed by atoms with van der Waals surface area (Å²) in [6.07, 6.45) is 2.38. The Morgan fingerprint density at radius 3 is 2.89 bits per heavy atom. The van der Waals surface area contributed by atoms with Crippen molar-refractivity contribution in [3.05, 3.63) is 34.1 Å².